The number of hydrogen-bond donors (Lipinski definition) is 0. The number of carbonyl (C=O) groups excluding carboxylic acids is 1. The first-order valence-electron chi connectivity index (χ1n) is 10.3. The number of carbonyl (C=O) groups is 1. The standard InChI is InChI=1S/C21H28N6O/c1-2-17-6-3-4-11-27(17)18-7-8-19(24-16-18)20(28)25-12-14-26(15-13-25)21-22-9-5-10-23-21/h5,7-10,16-17H,2-4,6,11-15H2,1H3. The summed E-state index contributed by atoms with van der Waals surface area (Å²) in [6, 6.07) is 6.34. The molecule has 148 valence electrons. The molecule has 1 amide bonds. The monoisotopic (exact) mass is 380 g/mol. The number of amides is 1. The van der Waals surface area contributed by atoms with Crippen LogP contribution in [0.4, 0.5) is 11.6 Å². The summed E-state index contributed by atoms with van der Waals surface area (Å²) in [5.41, 5.74) is 1.66. The lowest BCUT2D eigenvalue weighted by atomic mass is 9.99. The molecular formula is C21H28N6O. The SMILES string of the molecule is CCC1CCCCN1c1ccc(C(=O)N2CCN(c3ncccn3)CC2)nc1. The number of rotatable bonds is 4. The van der Waals surface area contributed by atoms with E-state index in [9.17, 15) is 4.79 Å². The van der Waals surface area contributed by atoms with Gasteiger partial charge in [0.2, 0.25) is 5.95 Å². The summed E-state index contributed by atoms with van der Waals surface area (Å²) in [6.07, 6.45) is 10.3. The van der Waals surface area contributed by atoms with Crippen molar-refractivity contribution in [1.29, 1.82) is 0 Å². The van der Waals surface area contributed by atoms with Gasteiger partial charge in [-0.2, -0.15) is 0 Å². The number of pyridine rings is 1. The van der Waals surface area contributed by atoms with Gasteiger partial charge in [-0.05, 0) is 43.9 Å². The van der Waals surface area contributed by atoms with Gasteiger partial charge < -0.3 is 14.7 Å². The van der Waals surface area contributed by atoms with Gasteiger partial charge in [0.25, 0.3) is 5.91 Å². The summed E-state index contributed by atoms with van der Waals surface area (Å²) in [5, 5.41) is 0. The first-order chi connectivity index (χ1) is 13.8. The Labute approximate surface area is 166 Å². The van der Waals surface area contributed by atoms with Gasteiger partial charge in [-0.3, -0.25) is 4.79 Å². The van der Waals surface area contributed by atoms with E-state index in [0.29, 0.717) is 24.8 Å². The predicted octanol–water partition coefficient (Wildman–Crippen LogP) is 2.60. The van der Waals surface area contributed by atoms with E-state index >= 15 is 0 Å². The molecule has 0 spiro atoms. The van der Waals surface area contributed by atoms with Crippen LogP contribution in [-0.4, -0.2) is 64.5 Å². The third kappa shape index (κ3) is 3.93. The molecule has 0 radical (unpaired) electrons. The van der Waals surface area contributed by atoms with Crippen LogP contribution in [0.15, 0.2) is 36.8 Å². The Balaban J connectivity index is 1.37. The van der Waals surface area contributed by atoms with Crippen molar-refractivity contribution in [3.05, 3.63) is 42.5 Å². The number of nitrogens with zero attached hydrogens (tertiary/aromatic N) is 6. The van der Waals surface area contributed by atoms with E-state index in [-0.39, 0.29) is 5.91 Å². The van der Waals surface area contributed by atoms with Gasteiger partial charge in [0.15, 0.2) is 0 Å². The molecule has 4 heterocycles. The molecule has 1 atom stereocenters. The summed E-state index contributed by atoms with van der Waals surface area (Å²) < 4.78 is 0. The maximum absolute atomic E-state index is 12.9. The maximum atomic E-state index is 12.9. The molecule has 0 N–H and O–H groups in total. The number of hydrogen-bond acceptors (Lipinski definition) is 6. The molecular weight excluding hydrogens is 352 g/mol. The highest BCUT2D eigenvalue weighted by atomic mass is 16.2. The fraction of sp³-hybridized carbons (Fsp3) is 0.524. The van der Waals surface area contributed by atoms with E-state index in [4.69, 9.17) is 0 Å². The minimum Gasteiger partial charge on any atom is -0.367 e. The van der Waals surface area contributed by atoms with E-state index in [1.165, 1.54) is 19.3 Å². The molecule has 4 rings (SSSR count). The second kappa shape index (κ2) is 8.54. The van der Waals surface area contributed by atoms with Crippen LogP contribution in [0.5, 0.6) is 0 Å². The lowest BCUT2D eigenvalue weighted by molar-refractivity contribution is 0.0740. The van der Waals surface area contributed by atoms with Crippen molar-refractivity contribution in [3.8, 4) is 0 Å². The first kappa shape index (κ1) is 18.7. The van der Waals surface area contributed by atoms with E-state index < -0.39 is 0 Å². The highest BCUT2D eigenvalue weighted by Gasteiger charge is 2.25. The number of piperidine rings is 1. The third-order valence-corrected chi connectivity index (χ3v) is 5.80. The third-order valence-electron chi connectivity index (χ3n) is 5.80. The van der Waals surface area contributed by atoms with Crippen molar-refractivity contribution in [2.24, 2.45) is 0 Å². The second-order valence-corrected chi connectivity index (χ2v) is 7.48. The second-order valence-electron chi connectivity index (χ2n) is 7.48. The average molecular weight is 380 g/mol. The zero-order valence-electron chi connectivity index (χ0n) is 16.5. The van der Waals surface area contributed by atoms with E-state index in [2.05, 4.69) is 37.7 Å². The molecule has 2 fully saturated rings. The first-order valence-corrected chi connectivity index (χ1v) is 10.3. The van der Waals surface area contributed by atoms with Gasteiger partial charge in [0, 0.05) is 51.2 Å². The Morgan fingerprint density at radius 1 is 1.04 bits per heavy atom. The zero-order valence-corrected chi connectivity index (χ0v) is 16.5. The molecule has 0 bridgehead atoms. The van der Waals surface area contributed by atoms with Crippen molar-refractivity contribution < 1.29 is 4.79 Å². The Bertz CT molecular complexity index is 773. The number of anilines is 2. The highest BCUT2D eigenvalue weighted by Crippen LogP contribution is 2.26. The molecule has 2 saturated heterocycles. The van der Waals surface area contributed by atoms with E-state index in [0.717, 1.165) is 37.7 Å². The predicted molar refractivity (Wildman–Crippen MR) is 110 cm³/mol. The lowest BCUT2D eigenvalue weighted by Crippen LogP contribution is -2.49. The van der Waals surface area contributed by atoms with Crippen molar-refractivity contribution in [1.82, 2.24) is 19.9 Å². The molecule has 2 aromatic heterocycles. The van der Waals surface area contributed by atoms with Crippen LogP contribution < -0.4 is 9.80 Å². The van der Waals surface area contributed by atoms with Crippen LogP contribution in [0.25, 0.3) is 0 Å². The van der Waals surface area contributed by atoms with Gasteiger partial charge in [0.05, 0.1) is 11.9 Å². The van der Waals surface area contributed by atoms with Crippen molar-refractivity contribution in [3.63, 3.8) is 0 Å². The van der Waals surface area contributed by atoms with Crippen LogP contribution in [0.2, 0.25) is 0 Å². The molecule has 2 aliphatic rings. The smallest absolute Gasteiger partial charge is 0.272 e. The number of piperazine rings is 1. The molecule has 0 aromatic carbocycles. The van der Waals surface area contributed by atoms with Crippen molar-refractivity contribution in [2.75, 3.05) is 42.5 Å². The van der Waals surface area contributed by atoms with Crippen LogP contribution in [0, 0.1) is 0 Å². The summed E-state index contributed by atoms with van der Waals surface area (Å²) in [6.45, 7) is 6.11. The Hall–Kier alpha value is -2.70. The molecule has 0 saturated carbocycles. The minimum atomic E-state index is 0.00543. The van der Waals surface area contributed by atoms with Crippen LogP contribution in [-0.2, 0) is 0 Å². The lowest BCUT2D eigenvalue weighted by Gasteiger charge is -2.37. The van der Waals surface area contributed by atoms with Gasteiger partial charge in [0.1, 0.15) is 5.69 Å². The molecule has 2 aromatic rings. The Morgan fingerprint density at radius 2 is 1.82 bits per heavy atom. The summed E-state index contributed by atoms with van der Waals surface area (Å²) in [7, 11) is 0. The normalized spacial score (nSPS) is 20.3. The topological polar surface area (TPSA) is 65.5 Å². The van der Waals surface area contributed by atoms with E-state index in [1.807, 2.05) is 23.2 Å². The van der Waals surface area contributed by atoms with Crippen LogP contribution in [0.3, 0.4) is 0 Å². The molecule has 7 heteroatoms. The Kier molecular flexibility index (Phi) is 5.69. The average Bonchev–Trinajstić information content (AvgIpc) is 2.79. The molecule has 2 aliphatic heterocycles. The van der Waals surface area contributed by atoms with Gasteiger partial charge in [-0.1, -0.05) is 6.92 Å². The summed E-state index contributed by atoms with van der Waals surface area (Å²) in [4.78, 5) is 32.4. The van der Waals surface area contributed by atoms with Gasteiger partial charge in [-0.25, -0.2) is 15.0 Å². The highest BCUT2D eigenvalue weighted by molar-refractivity contribution is 5.92. The van der Waals surface area contributed by atoms with Crippen molar-refractivity contribution >= 4 is 17.5 Å². The molecule has 7 nitrogen and oxygen atoms in total. The fourth-order valence-corrected chi connectivity index (χ4v) is 4.17. The summed E-state index contributed by atoms with van der Waals surface area (Å²) >= 11 is 0. The van der Waals surface area contributed by atoms with Gasteiger partial charge in [-0.15, -0.1) is 0 Å². The molecule has 1 unspecified atom stereocenters. The number of aromatic nitrogens is 3. The fourth-order valence-electron chi connectivity index (χ4n) is 4.17. The molecule has 28 heavy (non-hydrogen) atoms. The summed E-state index contributed by atoms with van der Waals surface area (Å²) in [5.74, 6) is 0.731. The minimum absolute atomic E-state index is 0.00543. The van der Waals surface area contributed by atoms with E-state index in [1.54, 1.807) is 12.4 Å². The zero-order chi connectivity index (χ0) is 19.3. The van der Waals surface area contributed by atoms with Crippen molar-refractivity contribution in [2.45, 2.75) is 38.6 Å². The molecule has 0 aliphatic carbocycles. The maximum Gasteiger partial charge on any atom is 0.272 e. The van der Waals surface area contributed by atoms with Gasteiger partial charge >= 0.3 is 0 Å². The largest absolute Gasteiger partial charge is 0.367 e. The quantitative estimate of drug-likeness (QED) is 0.812. The van der Waals surface area contributed by atoms with Crippen LogP contribution in [0.1, 0.15) is 43.1 Å². The Morgan fingerprint density at radius 3 is 2.50 bits per heavy atom. The van der Waals surface area contributed by atoms with Crippen LogP contribution >= 0.6 is 0 Å².